The highest BCUT2D eigenvalue weighted by Gasteiger charge is 2.60. The summed E-state index contributed by atoms with van der Waals surface area (Å²) in [5.41, 5.74) is -1.02. The van der Waals surface area contributed by atoms with Gasteiger partial charge in [0.15, 0.2) is 0 Å². The molecule has 4 rings (SSSR count). The van der Waals surface area contributed by atoms with Crippen molar-refractivity contribution < 1.29 is 19.4 Å². The van der Waals surface area contributed by atoms with Crippen molar-refractivity contribution in [2.75, 3.05) is 6.61 Å². The summed E-state index contributed by atoms with van der Waals surface area (Å²) in [6.07, 6.45) is 2.91. The van der Waals surface area contributed by atoms with Crippen molar-refractivity contribution in [1.29, 1.82) is 0 Å². The van der Waals surface area contributed by atoms with Crippen molar-refractivity contribution in [2.45, 2.75) is 65.1 Å². The molecule has 158 valence electrons. The van der Waals surface area contributed by atoms with Crippen LogP contribution in [0.4, 0.5) is 0 Å². The molecule has 1 heterocycles. The lowest BCUT2D eigenvalue weighted by Crippen LogP contribution is -2.61. The number of ether oxygens (including phenoxy) is 1. The number of rotatable bonds is 3. The Hall–Kier alpha value is -1.85. The molecule has 2 aliphatic rings. The predicted octanol–water partition coefficient (Wildman–Crippen LogP) is 4.14. The zero-order valence-corrected chi connectivity index (χ0v) is 17.8. The Morgan fingerprint density at radius 3 is 2.59 bits per heavy atom. The number of fused-ring (bicyclic) bond motifs is 2. The number of hydrogen-bond donors (Lipinski definition) is 2. The van der Waals surface area contributed by atoms with Gasteiger partial charge in [0.05, 0.1) is 18.3 Å². The molecule has 0 spiro atoms. The van der Waals surface area contributed by atoms with Crippen molar-refractivity contribution >= 4 is 11.0 Å². The van der Waals surface area contributed by atoms with Crippen LogP contribution in [0.2, 0.25) is 0 Å². The maximum atomic E-state index is 11.5. The summed E-state index contributed by atoms with van der Waals surface area (Å²) in [6, 6.07) is 8.62. The topological polar surface area (TPSA) is 79.9 Å². The first-order valence-electron chi connectivity index (χ1n) is 10.6. The Morgan fingerprint density at radius 1 is 1.10 bits per heavy atom. The van der Waals surface area contributed by atoms with Gasteiger partial charge >= 0.3 is 5.63 Å². The third-order valence-corrected chi connectivity index (χ3v) is 8.01. The van der Waals surface area contributed by atoms with Gasteiger partial charge in [-0.05, 0) is 67.6 Å². The highest BCUT2D eigenvalue weighted by molar-refractivity contribution is 5.77. The van der Waals surface area contributed by atoms with Crippen LogP contribution in [0, 0.1) is 22.7 Å². The standard InChI is InChI=1S/C24H32O5/c1-22(2)18-9-12-24(4,27)19(23(18,3)11-10-20(22)25)14-28-16-7-5-15-6-8-21(26)29-17(15)13-16/h5-8,13,18-20,25,27H,9-12,14H2,1-4H3/t18-,19+,20-,23+,24+/m1/s1. The predicted molar refractivity (Wildman–Crippen MR) is 112 cm³/mol. The minimum Gasteiger partial charge on any atom is -0.493 e. The van der Waals surface area contributed by atoms with Crippen molar-refractivity contribution in [3.8, 4) is 5.75 Å². The number of aliphatic hydroxyl groups is 2. The molecule has 0 radical (unpaired) electrons. The molecule has 0 unspecified atom stereocenters. The second kappa shape index (κ2) is 6.85. The van der Waals surface area contributed by atoms with E-state index in [0.717, 1.165) is 24.6 Å². The maximum absolute atomic E-state index is 11.5. The number of aliphatic hydroxyl groups excluding tert-OH is 1. The van der Waals surface area contributed by atoms with Crippen molar-refractivity contribution in [1.82, 2.24) is 0 Å². The van der Waals surface area contributed by atoms with Crippen LogP contribution in [0.15, 0.2) is 39.5 Å². The van der Waals surface area contributed by atoms with Crippen LogP contribution < -0.4 is 10.4 Å². The van der Waals surface area contributed by atoms with Gasteiger partial charge in [0.2, 0.25) is 0 Å². The Kier molecular flexibility index (Phi) is 4.82. The first-order chi connectivity index (χ1) is 13.5. The Labute approximate surface area is 171 Å². The molecule has 1 aromatic carbocycles. The van der Waals surface area contributed by atoms with Crippen LogP contribution in [-0.2, 0) is 0 Å². The Balaban J connectivity index is 1.61. The lowest BCUT2D eigenvalue weighted by molar-refractivity contribution is -0.201. The molecular weight excluding hydrogens is 368 g/mol. The molecule has 2 aliphatic carbocycles. The largest absolute Gasteiger partial charge is 0.493 e. The molecule has 2 N–H and O–H groups in total. The third kappa shape index (κ3) is 3.38. The molecule has 0 aliphatic heterocycles. The molecule has 5 atom stereocenters. The van der Waals surface area contributed by atoms with Gasteiger partial charge in [-0.25, -0.2) is 4.79 Å². The smallest absolute Gasteiger partial charge is 0.336 e. The van der Waals surface area contributed by atoms with E-state index in [2.05, 4.69) is 20.8 Å². The molecule has 0 amide bonds. The molecule has 1 aromatic heterocycles. The molecule has 5 nitrogen and oxygen atoms in total. The van der Waals surface area contributed by atoms with Gasteiger partial charge in [-0.15, -0.1) is 0 Å². The summed E-state index contributed by atoms with van der Waals surface area (Å²) in [4.78, 5) is 11.5. The molecule has 5 heteroatoms. The molecular formula is C24H32O5. The maximum Gasteiger partial charge on any atom is 0.336 e. The minimum atomic E-state index is -0.826. The van der Waals surface area contributed by atoms with Crippen molar-refractivity contribution in [3.63, 3.8) is 0 Å². The third-order valence-electron chi connectivity index (χ3n) is 8.01. The van der Waals surface area contributed by atoms with Gasteiger partial charge in [0, 0.05) is 23.4 Å². The quantitative estimate of drug-likeness (QED) is 0.757. The summed E-state index contributed by atoms with van der Waals surface area (Å²) in [5.74, 6) is 0.893. The Bertz CT molecular complexity index is 959. The van der Waals surface area contributed by atoms with E-state index in [-0.39, 0.29) is 28.5 Å². The van der Waals surface area contributed by atoms with Gasteiger partial charge in [0.1, 0.15) is 11.3 Å². The molecule has 2 aromatic rings. The molecule has 0 saturated heterocycles. The van der Waals surface area contributed by atoms with Crippen molar-refractivity contribution in [2.24, 2.45) is 22.7 Å². The van der Waals surface area contributed by atoms with E-state index >= 15 is 0 Å². The number of benzene rings is 1. The van der Waals surface area contributed by atoms with E-state index in [4.69, 9.17) is 9.15 Å². The Morgan fingerprint density at radius 2 is 1.83 bits per heavy atom. The summed E-state index contributed by atoms with van der Waals surface area (Å²) >= 11 is 0. The summed E-state index contributed by atoms with van der Waals surface area (Å²) < 4.78 is 11.4. The van der Waals surface area contributed by atoms with Gasteiger partial charge in [-0.3, -0.25) is 0 Å². The van der Waals surface area contributed by atoms with Gasteiger partial charge in [-0.1, -0.05) is 20.8 Å². The van der Waals surface area contributed by atoms with Crippen LogP contribution in [0.5, 0.6) is 5.75 Å². The van der Waals surface area contributed by atoms with E-state index in [0.29, 0.717) is 30.3 Å². The summed E-state index contributed by atoms with van der Waals surface area (Å²) in [6.45, 7) is 8.87. The second-order valence-corrected chi connectivity index (χ2v) is 10.1. The van der Waals surface area contributed by atoms with Crippen LogP contribution in [-0.4, -0.2) is 28.5 Å². The first-order valence-corrected chi connectivity index (χ1v) is 10.6. The zero-order chi connectivity index (χ0) is 21.0. The fraction of sp³-hybridized carbons (Fsp3) is 0.625. The fourth-order valence-corrected chi connectivity index (χ4v) is 6.20. The highest BCUT2D eigenvalue weighted by Crippen LogP contribution is 2.61. The molecule has 29 heavy (non-hydrogen) atoms. The van der Waals surface area contributed by atoms with Gasteiger partial charge in [0.25, 0.3) is 0 Å². The molecule has 2 fully saturated rings. The fourth-order valence-electron chi connectivity index (χ4n) is 6.20. The van der Waals surface area contributed by atoms with Crippen LogP contribution >= 0.6 is 0 Å². The lowest BCUT2D eigenvalue weighted by Gasteiger charge is -2.62. The van der Waals surface area contributed by atoms with Crippen molar-refractivity contribution in [3.05, 3.63) is 40.8 Å². The van der Waals surface area contributed by atoms with Crippen LogP contribution in [0.25, 0.3) is 11.0 Å². The highest BCUT2D eigenvalue weighted by atomic mass is 16.5. The van der Waals surface area contributed by atoms with E-state index in [9.17, 15) is 15.0 Å². The van der Waals surface area contributed by atoms with Crippen LogP contribution in [0.3, 0.4) is 0 Å². The van der Waals surface area contributed by atoms with E-state index < -0.39 is 5.60 Å². The average molecular weight is 401 g/mol. The summed E-state index contributed by atoms with van der Waals surface area (Å²) in [5, 5.41) is 22.7. The molecule has 2 saturated carbocycles. The summed E-state index contributed by atoms with van der Waals surface area (Å²) in [7, 11) is 0. The lowest BCUT2D eigenvalue weighted by atomic mass is 9.45. The zero-order valence-electron chi connectivity index (χ0n) is 17.8. The van der Waals surface area contributed by atoms with Crippen LogP contribution in [0.1, 0.15) is 53.4 Å². The minimum absolute atomic E-state index is 0.0565. The average Bonchev–Trinajstić information content (AvgIpc) is 2.64. The normalized spacial score (nSPS) is 36.6. The number of hydrogen-bond acceptors (Lipinski definition) is 5. The first kappa shape index (κ1) is 20.4. The SMILES string of the molecule is CC1(C)[C@H](O)CC[C@@]2(C)[C@@H]1CC[C@](C)(O)[C@H]2COc1ccc2ccc(=O)oc2c1. The van der Waals surface area contributed by atoms with E-state index in [1.54, 1.807) is 12.1 Å². The van der Waals surface area contributed by atoms with E-state index in [1.165, 1.54) is 6.07 Å². The monoisotopic (exact) mass is 400 g/mol. The second-order valence-electron chi connectivity index (χ2n) is 10.1. The van der Waals surface area contributed by atoms with Gasteiger partial charge in [-0.2, -0.15) is 0 Å². The van der Waals surface area contributed by atoms with E-state index in [1.807, 2.05) is 19.1 Å². The van der Waals surface area contributed by atoms with Gasteiger partial charge < -0.3 is 19.4 Å². The molecule has 0 bridgehead atoms.